The third kappa shape index (κ3) is 1.11. The van der Waals surface area contributed by atoms with Gasteiger partial charge in [0.05, 0.1) is 11.3 Å². The summed E-state index contributed by atoms with van der Waals surface area (Å²) in [5, 5.41) is 4.15. The SMILES string of the molecule is Cc1ccn2nc(C)c(C=O)c2n1. The van der Waals surface area contributed by atoms with Crippen molar-refractivity contribution in [3.05, 3.63) is 29.2 Å². The van der Waals surface area contributed by atoms with Crippen LogP contribution in [0.4, 0.5) is 0 Å². The maximum Gasteiger partial charge on any atom is 0.166 e. The Morgan fingerprint density at radius 3 is 2.92 bits per heavy atom. The molecule has 0 saturated heterocycles. The minimum atomic E-state index is 0.573. The highest BCUT2D eigenvalue weighted by Crippen LogP contribution is 2.10. The molecule has 0 aliphatic rings. The summed E-state index contributed by atoms with van der Waals surface area (Å²) >= 11 is 0. The molecule has 2 aromatic heterocycles. The molecule has 0 spiro atoms. The van der Waals surface area contributed by atoms with Crippen molar-refractivity contribution in [1.29, 1.82) is 0 Å². The van der Waals surface area contributed by atoms with Crippen LogP contribution in [0, 0.1) is 13.8 Å². The number of rotatable bonds is 1. The van der Waals surface area contributed by atoms with Crippen molar-refractivity contribution in [2.45, 2.75) is 13.8 Å². The molecule has 2 aromatic rings. The molecule has 0 atom stereocenters. The van der Waals surface area contributed by atoms with Crippen LogP contribution >= 0.6 is 0 Å². The first kappa shape index (κ1) is 7.91. The van der Waals surface area contributed by atoms with Crippen molar-refractivity contribution in [2.24, 2.45) is 0 Å². The van der Waals surface area contributed by atoms with Gasteiger partial charge in [0.1, 0.15) is 0 Å². The number of carbonyl (C=O) groups excluding carboxylic acids is 1. The molecule has 0 saturated carbocycles. The number of hydrogen-bond acceptors (Lipinski definition) is 3. The number of hydrogen-bond donors (Lipinski definition) is 0. The fraction of sp³-hybridized carbons (Fsp3) is 0.222. The molecule has 0 bridgehead atoms. The maximum atomic E-state index is 10.7. The van der Waals surface area contributed by atoms with Crippen molar-refractivity contribution in [2.75, 3.05) is 0 Å². The van der Waals surface area contributed by atoms with Crippen LogP contribution in [0.1, 0.15) is 21.7 Å². The third-order valence-electron chi connectivity index (χ3n) is 1.96. The van der Waals surface area contributed by atoms with E-state index in [0.29, 0.717) is 16.9 Å². The van der Waals surface area contributed by atoms with Gasteiger partial charge in [-0.05, 0) is 19.9 Å². The smallest absolute Gasteiger partial charge is 0.166 e. The Hall–Kier alpha value is -1.71. The first-order valence-corrected chi connectivity index (χ1v) is 4.00. The maximum absolute atomic E-state index is 10.7. The first-order chi connectivity index (χ1) is 6.22. The first-order valence-electron chi connectivity index (χ1n) is 4.00. The number of aryl methyl sites for hydroxylation is 2. The van der Waals surface area contributed by atoms with Crippen molar-refractivity contribution >= 4 is 11.9 Å². The predicted molar refractivity (Wildman–Crippen MR) is 47.8 cm³/mol. The monoisotopic (exact) mass is 175 g/mol. The fourth-order valence-electron chi connectivity index (χ4n) is 1.28. The summed E-state index contributed by atoms with van der Waals surface area (Å²) in [6, 6.07) is 1.86. The van der Waals surface area contributed by atoms with E-state index in [1.807, 2.05) is 13.0 Å². The number of aldehydes is 1. The minimum absolute atomic E-state index is 0.573. The van der Waals surface area contributed by atoms with Gasteiger partial charge < -0.3 is 0 Å². The lowest BCUT2D eigenvalue weighted by Gasteiger charge is -1.93. The van der Waals surface area contributed by atoms with Crippen molar-refractivity contribution in [3.8, 4) is 0 Å². The van der Waals surface area contributed by atoms with E-state index < -0.39 is 0 Å². The van der Waals surface area contributed by atoms with Crippen LogP contribution in [0.3, 0.4) is 0 Å². The summed E-state index contributed by atoms with van der Waals surface area (Å²) in [6.07, 6.45) is 2.60. The molecule has 2 rings (SSSR count). The zero-order valence-corrected chi connectivity index (χ0v) is 7.48. The zero-order valence-electron chi connectivity index (χ0n) is 7.48. The molecule has 0 amide bonds. The van der Waals surface area contributed by atoms with E-state index in [1.54, 1.807) is 17.6 Å². The van der Waals surface area contributed by atoms with Gasteiger partial charge in [-0.1, -0.05) is 0 Å². The molecule has 13 heavy (non-hydrogen) atoms. The molecule has 0 aromatic carbocycles. The highest BCUT2D eigenvalue weighted by atomic mass is 16.1. The second-order valence-electron chi connectivity index (χ2n) is 2.95. The van der Waals surface area contributed by atoms with E-state index in [1.165, 1.54) is 0 Å². The molecule has 4 heteroatoms. The Bertz CT molecular complexity index is 473. The van der Waals surface area contributed by atoms with Crippen LogP contribution in [0.5, 0.6) is 0 Å². The lowest BCUT2D eigenvalue weighted by Crippen LogP contribution is -1.91. The third-order valence-corrected chi connectivity index (χ3v) is 1.96. The van der Waals surface area contributed by atoms with E-state index in [-0.39, 0.29) is 0 Å². The van der Waals surface area contributed by atoms with Crippen molar-refractivity contribution in [1.82, 2.24) is 14.6 Å². The average molecular weight is 175 g/mol. The van der Waals surface area contributed by atoms with Gasteiger partial charge in [0.25, 0.3) is 0 Å². The molecular formula is C9H9N3O. The summed E-state index contributed by atoms with van der Waals surface area (Å²) in [5.41, 5.74) is 2.81. The zero-order chi connectivity index (χ0) is 9.42. The van der Waals surface area contributed by atoms with Crippen LogP contribution in [-0.2, 0) is 0 Å². The van der Waals surface area contributed by atoms with E-state index in [2.05, 4.69) is 10.1 Å². The lowest BCUT2D eigenvalue weighted by atomic mass is 10.3. The quantitative estimate of drug-likeness (QED) is 0.611. The Morgan fingerprint density at radius 2 is 2.23 bits per heavy atom. The van der Waals surface area contributed by atoms with Crippen LogP contribution in [0.15, 0.2) is 12.3 Å². The van der Waals surface area contributed by atoms with Gasteiger partial charge in [-0.15, -0.1) is 0 Å². The summed E-state index contributed by atoms with van der Waals surface area (Å²) < 4.78 is 1.62. The van der Waals surface area contributed by atoms with Crippen LogP contribution in [0.2, 0.25) is 0 Å². The van der Waals surface area contributed by atoms with Crippen molar-refractivity contribution < 1.29 is 4.79 Å². The van der Waals surface area contributed by atoms with Gasteiger partial charge in [0.2, 0.25) is 0 Å². The largest absolute Gasteiger partial charge is 0.298 e. The Balaban J connectivity index is 2.88. The number of nitrogens with zero attached hydrogens (tertiary/aromatic N) is 3. The molecule has 2 heterocycles. The summed E-state index contributed by atoms with van der Waals surface area (Å²) in [4.78, 5) is 15.0. The molecule has 0 radical (unpaired) electrons. The van der Waals surface area contributed by atoms with Gasteiger partial charge in [0.15, 0.2) is 11.9 Å². The van der Waals surface area contributed by atoms with Crippen LogP contribution in [-0.4, -0.2) is 20.9 Å². The lowest BCUT2D eigenvalue weighted by molar-refractivity contribution is 0.112. The van der Waals surface area contributed by atoms with Gasteiger partial charge in [-0.25, -0.2) is 9.50 Å². The molecule has 0 N–H and O–H groups in total. The number of carbonyl (C=O) groups is 1. The van der Waals surface area contributed by atoms with Gasteiger partial charge in [-0.3, -0.25) is 4.79 Å². The summed E-state index contributed by atoms with van der Waals surface area (Å²) in [6.45, 7) is 3.69. The highest BCUT2D eigenvalue weighted by molar-refractivity contribution is 5.85. The number of aromatic nitrogens is 3. The fourth-order valence-corrected chi connectivity index (χ4v) is 1.28. The Kier molecular flexibility index (Phi) is 1.62. The summed E-state index contributed by atoms with van der Waals surface area (Å²) in [7, 11) is 0. The summed E-state index contributed by atoms with van der Waals surface area (Å²) in [5.74, 6) is 0. The predicted octanol–water partition coefficient (Wildman–Crippen LogP) is 1.16. The Labute approximate surface area is 75.2 Å². The van der Waals surface area contributed by atoms with E-state index in [9.17, 15) is 4.79 Å². The topological polar surface area (TPSA) is 47.3 Å². The second kappa shape index (κ2) is 2.65. The molecule has 0 aliphatic carbocycles. The highest BCUT2D eigenvalue weighted by Gasteiger charge is 2.08. The average Bonchev–Trinajstić information content (AvgIpc) is 2.40. The van der Waals surface area contributed by atoms with Crippen molar-refractivity contribution in [3.63, 3.8) is 0 Å². The molecule has 0 aliphatic heterocycles. The van der Waals surface area contributed by atoms with E-state index in [0.717, 1.165) is 12.0 Å². The molecular weight excluding hydrogens is 166 g/mol. The van der Waals surface area contributed by atoms with Crippen LogP contribution < -0.4 is 0 Å². The van der Waals surface area contributed by atoms with E-state index >= 15 is 0 Å². The van der Waals surface area contributed by atoms with Gasteiger partial charge >= 0.3 is 0 Å². The molecule has 4 nitrogen and oxygen atoms in total. The van der Waals surface area contributed by atoms with Gasteiger partial charge in [-0.2, -0.15) is 5.10 Å². The molecule has 0 unspecified atom stereocenters. The van der Waals surface area contributed by atoms with Gasteiger partial charge in [0, 0.05) is 11.9 Å². The standard InChI is InChI=1S/C9H9N3O/c1-6-3-4-12-9(10-6)8(5-13)7(2)11-12/h3-5H,1-2H3. The van der Waals surface area contributed by atoms with E-state index in [4.69, 9.17) is 0 Å². The molecule has 0 fully saturated rings. The second-order valence-corrected chi connectivity index (χ2v) is 2.95. The molecule has 66 valence electrons. The normalized spacial score (nSPS) is 10.6. The number of fused-ring (bicyclic) bond motifs is 1. The van der Waals surface area contributed by atoms with Crippen LogP contribution in [0.25, 0.3) is 5.65 Å². The Morgan fingerprint density at radius 1 is 1.46 bits per heavy atom. The minimum Gasteiger partial charge on any atom is -0.298 e.